The van der Waals surface area contributed by atoms with Crippen molar-refractivity contribution in [1.29, 1.82) is 0 Å². The van der Waals surface area contributed by atoms with Crippen molar-refractivity contribution in [3.63, 3.8) is 0 Å². The molecule has 4 aromatic carbocycles. The van der Waals surface area contributed by atoms with Gasteiger partial charge in [-0.25, -0.2) is 10.2 Å². The largest absolute Gasteiger partial charge is 0.480 e. The number of carbonyl (C=O) groups excluding carboxylic acids is 2. The minimum Gasteiger partial charge on any atom is -0.480 e. The molecule has 0 radical (unpaired) electrons. The summed E-state index contributed by atoms with van der Waals surface area (Å²) in [4.78, 5) is 25.6. The van der Waals surface area contributed by atoms with Gasteiger partial charge in [-0.1, -0.05) is 78.3 Å². The highest BCUT2D eigenvalue weighted by Gasteiger charge is 2.19. The fraction of sp³-hybridized carbons (Fsp3) is 0.0690. The number of nitrogens with one attached hydrogen (secondary N) is 1. The Hall–Kier alpha value is -4.20. The number of nitrogens with zero attached hydrogens (tertiary/aromatic N) is 1. The van der Waals surface area contributed by atoms with Gasteiger partial charge < -0.3 is 9.47 Å². The Morgan fingerprint density at radius 3 is 2.51 bits per heavy atom. The van der Waals surface area contributed by atoms with E-state index in [1.807, 2.05) is 66.7 Å². The summed E-state index contributed by atoms with van der Waals surface area (Å²) in [6.07, 6.45) is 0.702. The molecule has 1 amide bonds. The lowest BCUT2D eigenvalue weighted by molar-refractivity contribution is -0.127. The number of halogens is 1. The highest BCUT2D eigenvalue weighted by molar-refractivity contribution is 7.21. The van der Waals surface area contributed by atoms with Crippen LogP contribution in [-0.4, -0.2) is 24.2 Å². The van der Waals surface area contributed by atoms with Gasteiger partial charge in [-0.15, -0.1) is 11.3 Å². The molecule has 0 aliphatic heterocycles. The number of hydrazone groups is 1. The molecule has 37 heavy (non-hydrogen) atoms. The fourth-order valence-electron chi connectivity index (χ4n) is 3.76. The first-order chi connectivity index (χ1) is 18.0. The van der Waals surface area contributed by atoms with Crippen LogP contribution in [0.15, 0.2) is 96.1 Å². The molecule has 1 atom stereocenters. The third-order valence-corrected chi connectivity index (χ3v) is 7.26. The average Bonchev–Trinajstić information content (AvgIpc) is 3.25. The third kappa shape index (κ3) is 5.48. The van der Waals surface area contributed by atoms with Gasteiger partial charge >= 0.3 is 5.97 Å². The Morgan fingerprint density at radius 2 is 1.68 bits per heavy atom. The Balaban J connectivity index is 1.21. The van der Waals surface area contributed by atoms with Crippen LogP contribution in [0, 0.1) is 0 Å². The summed E-state index contributed by atoms with van der Waals surface area (Å²) in [7, 11) is 0. The van der Waals surface area contributed by atoms with Crippen LogP contribution in [0.2, 0.25) is 5.02 Å². The molecule has 1 aromatic heterocycles. The van der Waals surface area contributed by atoms with E-state index >= 15 is 0 Å². The quantitative estimate of drug-likeness (QED) is 0.108. The molecule has 0 spiro atoms. The van der Waals surface area contributed by atoms with Crippen molar-refractivity contribution in [1.82, 2.24) is 5.43 Å². The first kappa shape index (κ1) is 24.5. The van der Waals surface area contributed by atoms with E-state index in [9.17, 15) is 9.59 Å². The van der Waals surface area contributed by atoms with E-state index in [0.29, 0.717) is 27.0 Å². The average molecular weight is 529 g/mol. The van der Waals surface area contributed by atoms with Gasteiger partial charge in [0.15, 0.2) is 6.10 Å². The smallest absolute Gasteiger partial charge is 0.355 e. The minimum absolute atomic E-state index is 0.335. The zero-order valence-corrected chi connectivity index (χ0v) is 21.3. The number of esters is 1. The molecule has 0 bridgehead atoms. The summed E-state index contributed by atoms with van der Waals surface area (Å²) in [6.45, 7) is 1.66. The summed E-state index contributed by atoms with van der Waals surface area (Å²) < 4.78 is 12.3. The van der Waals surface area contributed by atoms with Crippen molar-refractivity contribution in [3.8, 4) is 11.5 Å². The van der Waals surface area contributed by atoms with Crippen molar-refractivity contribution < 1.29 is 19.1 Å². The van der Waals surface area contributed by atoms with Crippen molar-refractivity contribution in [2.24, 2.45) is 5.10 Å². The highest BCUT2D eigenvalue weighted by Crippen LogP contribution is 2.35. The van der Waals surface area contributed by atoms with Crippen molar-refractivity contribution in [2.45, 2.75) is 13.0 Å². The van der Waals surface area contributed by atoms with Crippen LogP contribution >= 0.6 is 22.9 Å². The molecule has 0 fully saturated rings. The lowest BCUT2D eigenvalue weighted by atomic mass is 10.1. The summed E-state index contributed by atoms with van der Waals surface area (Å²) in [5, 5.41) is 7.18. The normalized spacial score (nSPS) is 12.1. The number of benzene rings is 4. The molecule has 1 N–H and O–H groups in total. The Morgan fingerprint density at radius 1 is 0.946 bits per heavy atom. The van der Waals surface area contributed by atoms with Crippen LogP contribution in [0.3, 0.4) is 0 Å². The molecule has 0 aliphatic rings. The zero-order valence-electron chi connectivity index (χ0n) is 19.7. The molecule has 0 saturated carbocycles. The topological polar surface area (TPSA) is 77.0 Å². The molecule has 8 heteroatoms. The van der Waals surface area contributed by atoms with E-state index < -0.39 is 18.0 Å². The number of hydrogen-bond donors (Lipinski definition) is 1. The van der Waals surface area contributed by atoms with Gasteiger partial charge in [-0.3, -0.25) is 4.79 Å². The highest BCUT2D eigenvalue weighted by atomic mass is 35.5. The molecule has 5 aromatic rings. The van der Waals surface area contributed by atoms with Crippen LogP contribution in [0.1, 0.15) is 22.2 Å². The predicted octanol–water partition coefficient (Wildman–Crippen LogP) is 6.84. The van der Waals surface area contributed by atoms with Gasteiger partial charge in [-0.2, -0.15) is 5.10 Å². The number of thiophene rings is 1. The van der Waals surface area contributed by atoms with Crippen molar-refractivity contribution in [2.75, 3.05) is 0 Å². The Kier molecular flexibility index (Phi) is 7.16. The predicted molar refractivity (Wildman–Crippen MR) is 148 cm³/mol. The first-order valence-corrected chi connectivity index (χ1v) is 12.7. The van der Waals surface area contributed by atoms with Gasteiger partial charge in [0.2, 0.25) is 0 Å². The van der Waals surface area contributed by atoms with E-state index in [-0.39, 0.29) is 0 Å². The Labute approximate surface area is 222 Å². The summed E-state index contributed by atoms with van der Waals surface area (Å²) >= 11 is 7.67. The monoisotopic (exact) mass is 528 g/mol. The molecule has 1 unspecified atom stereocenters. The maximum absolute atomic E-state index is 12.7. The van der Waals surface area contributed by atoms with Crippen LogP contribution in [-0.2, 0) is 4.79 Å². The minimum atomic E-state index is -0.763. The number of amides is 1. The maximum Gasteiger partial charge on any atom is 0.355 e. The van der Waals surface area contributed by atoms with Crippen LogP contribution in [0.25, 0.3) is 20.9 Å². The number of rotatable bonds is 7. The van der Waals surface area contributed by atoms with Gasteiger partial charge in [0.25, 0.3) is 5.91 Å². The van der Waals surface area contributed by atoms with E-state index in [4.69, 9.17) is 21.1 Å². The van der Waals surface area contributed by atoms with Gasteiger partial charge in [0.1, 0.15) is 16.4 Å². The van der Waals surface area contributed by atoms with E-state index in [1.54, 1.807) is 31.2 Å². The third-order valence-electron chi connectivity index (χ3n) is 5.60. The fourth-order valence-corrected chi connectivity index (χ4v) is 5.15. The van der Waals surface area contributed by atoms with Gasteiger partial charge in [0.05, 0.1) is 11.2 Å². The standard InChI is InChI=1S/C29H21ClN2O4S/c1-18(35-24-14-7-10-20-9-2-3-12-22(20)24)28(33)32-31-17-19-8-6-11-21(16-19)36-29(34)27-26(30)23-13-4-5-15-25(23)37-27/h2-18H,1H3,(H,32,33)/b31-17+. The SMILES string of the molecule is CC(Oc1cccc2ccccc12)C(=O)N/N=C/c1cccc(OC(=O)c2sc3ccccc3c2Cl)c1. The Bertz CT molecular complexity index is 1640. The van der Waals surface area contributed by atoms with E-state index in [1.165, 1.54) is 17.6 Å². The molecule has 184 valence electrons. The molecule has 5 rings (SSSR count). The van der Waals surface area contributed by atoms with E-state index in [0.717, 1.165) is 20.9 Å². The van der Waals surface area contributed by atoms with Crippen molar-refractivity contribution in [3.05, 3.63) is 106 Å². The summed E-state index contributed by atoms with van der Waals surface area (Å²) in [5.41, 5.74) is 3.12. The summed E-state index contributed by atoms with van der Waals surface area (Å²) in [5.74, 6) is 0.0265. The molecule has 1 heterocycles. The second kappa shape index (κ2) is 10.8. The lowest BCUT2D eigenvalue weighted by Gasteiger charge is -2.14. The van der Waals surface area contributed by atoms with Crippen LogP contribution in [0.5, 0.6) is 11.5 Å². The zero-order chi connectivity index (χ0) is 25.8. The van der Waals surface area contributed by atoms with Gasteiger partial charge in [0, 0.05) is 15.5 Å². The number of hydrogen-bond acceptors (Lipinski definition) is 6. The summed E-state index contributed by atoms with van der Waals surface area (Å²) in [6, 6.07) is 27.8. The molecular formula is C29H21ClN2O4S. The molecule has 6 nitrogen and oxygen atoms in total. The maximum atomic E-state index is 12.7. The van der Waals surface area contributed by atoms with Crippen LogP contribution < -0.4 is 14.9 Å². The van der Waals surface area contributed by atoms with Gasteiger partial charge in [-0.05, 0) is 42.1 Å². The second-order valence-electron chi connectivity index (χ2n) is 8.17. The molecule has 0 saturated heterocycles. The van der Waals surface area contributed by atoms with Crippen molar-refractivity contribution >= 4 is 61.9 Å². The molecule has 0 aliphatic carbocycles. The van der Waals surface area contributed by atoms with E-state index in [2.05, 4.69) is 10.5 Å². The molecular weight excluding hydrogens is 508 g/mol. The first-order valence-electron chi connectivity index (χ1n) is 11.5. The number of carbonyl (C=O) groups is 2. The number of fused-ring (bicyclic) bond motifs is 2. The second-order valence-corrected chi connectivity index (χ2v) is 9.61. The van der Waals surface area contributed by atoms with Crippen LogP contribution in [0.4, 0.5) is 0 Å². The lowest BCUT2D eigenvalue weighted by Crippen LogP contribution is -2.33. The number of ether oxygens (including phenoxy) is 2.